The average molecular weight is 268 g/mol. The van der Waals surface area contributed by atoms with Crippen LogP contribution in [0.3, 0.4) is 0 Å². The van der Waals surface area contributed by atoms with Crippen molar-refractivity contribution in [2.45, 2.75) is 39.3 Å². The monoisotopic (exact) mass is 268 g/mol. The highest BCUT2D eigenvalue weighted by Crippen LogP contribution is 2.28. The second-order valence-electron chi connectivity index (χ2n) is 5.47. The minimum absolute atomic E-state index is 0.0895. The Hall–Kier alpha value is -1.16. The van der Waals surface area contributed by atoms with Gasteiger partial charge in [-0.15, -0.1) is 0 Å². The van der Waals surface area contributed by atoms with Crippen molar-refractivity contribution in [3.8, 4) is 0 Å². The van der Waals surface area contributed by atoms with E-state index < -0.39 is 11.6 Å². The van der Waals surface area contributed by atoms with Crippen LogP contribution in [0.15, 0.2) is 18.2 Å². The molecule has 1 aromatic rings. The fraction of sp³-hybridized carbons (Fsp3) is 0.600. The van der Waals surface area contributed by atoms with Gasteiger partial charge >= 0.3 is 0 Å². The number of para-hydroxylation sites is 1. The van der Waals surface area contributed by atoms with Gasteiger partial charge in [-0.05, 0) is 25.0 Å². The molecular weight excluding hydrogens is 246 g/mol. The highest BCUT2D eigenvalue weighted by atomic mass is 19.1. The molecule has 1 heterocycles. The Balaban J connectivity index is 2.26. The summed E-state index contributed by atoms with van der Waals surface area (Å²) >= 11 is 0. The SMILES string of the molecule is CCC(C)C1CN(c2c(F)cccc2F)C(C)CN1. The van der Waals surface area contributed by atoms with Crippen molar-refractivity contribution in [2.24, 2.45) is 5.92 Å². The predicted molar refractivity (Wildman–Crippen MR) is 74.4 cm³/mol. The molecule has 1 N–H and O–H groups in total. The molecule has 0 aliphatic carbocycles. The van der Waals surface area contributed by atoms with E-state index in [2.05, 4.69) is 19.2 Å². The average Bonchev–Trinajstić information content (AvgIpc) is 2.39. The lowest BCUT2D eigenvalue weighted by atomic mass is 9.95. The minimum Gasteiger partial charge on any atom is -0.361 e. The van der Waals surface area contributed by atoms with Gasteiger partial charge in [0.1, 0.15) is 17.3 Å². The van der Waals surface area contributed by atoms with Gasteiger partial charge in [-0.3, -0.25) is 0 Å². The van der Waals surface area contributed by atoms with Crippen molar-refractivity contribution < 1.29 is 8.78 Å². The first-order valence-corrected chi connectivity index (χ1v) is 6.98. The van der Waals surface area contributed by atoms with Gasteiger partial charge in [-0.1, -0.05) is 26.3 Å². The standard InChI is InChI=1S/C15H22F2N2/c1-4-10(2)14-9-19(11(3)8-18-14)15-12(16)6-5-7-13(15)17/h5-7,10-11,14,18H,4,8-9H2,1-3H3. The lowest BCUT2D eigenvalue weighted by Crippen LogP contribution is -2.58. The van der Waals surface area contributed by atoms with Crippen LogP contribution < -0.4 is 10.2 Å². The minimum atomic E-state index is -0.475. The van der Waals surface area contributed by atoms with Crippen LogP contribution >= 0.6 is 0 Å². The molecule has 1 aliphatic rings. The fourth-order valence-corrected chi connectivity index (χ4v) is 2.63. The first kappa shape index (κ1) is 14.3. The third-order valence-corrected chi connectivity index (χ3v) is 4.16. The van der Waals surface area contributed by atoms with E-state index in [0.29, 0.717) is 12.5 Å². The summed E-state index contributed by atoms with van der Waals surface area (Å²) in [4.78, 5) is 1.86. The molecule has 0 spiro atoms. The number of hydrogen-bond acceptors (Lipinski definition) is 2. The number of hydrogen-bond donors (Lipinski definition) is 1. The Morgan fingerprint density at radius 1 is 1.37 bits per heavy atom. The Labute approximate surface area is 113 Å². The molecular formula is C15H22F2N2. The number of piperazine rings is 1. The maximum absolute atomic E-state index is 13.9. The molecule has 1 aromatic carbocycles. The Bertz CT molecular complexity index is 416. The Morgan fingerprint density at radius 3 is 2.58 bits per heavy atom. The lowest BCUT2D eigenvalue weighted by Gasteiger charge is -2.42. The highest BCUT2D eigenvalue weighted by molar-refractivity contribution is 5.50. The predicted octanol–water partition coefficient (Wildman–Crippen LogP) is 3.18. The molecule has 19 heavy (non-hydrogen) atoms. The van der Waals surface area contributed by atoms with Crippen LogP contribution in [0, 0.1) is 17.6 Å². The van der Waals surface area contributed by atoms with E-state index >= 15 is 0 Å². The molecule has 1 saturated heterocycles. The van der Waals surface area contributed by atoms with Gasteiger partial charge in [0.2, 0.25) is 0 Å². The largest absolute Gasteiger partial charge is 0.361 e. The summed E-state index contributed by atoms with van der Waals surface area (Å²) in [6.07, 6.45) is 1.06. The van der Waals surface area contributed by atoms with Crippen molar-refractivity contribution >= 4 is 5.69 Å². The van der Waals surface area contributed by atoms with Crippen LogP contribution in [0.2, 0.25) is 0 Å². The molecule has 4 heteroatoms. The normalized spacial score (nSPS) is 25.4. The van der Waals surface area contributed by atoms with Gasteiger partial charge in [0.05, 0.1) is 0 Å². The fourth-order valence-electron chi connectivity index (χ4n) is 2.63. The number of anilines is 1. The van der Waals surface area contributed by atoms with Crippen LogP contribution in [0.4, 0.5) is 14.5 Å². The molecule has 3 unspecified atom stereocenters. The van der Waals surface area contributed by atoms with Crippen molar-refractivity contribution in [3.05, 3.63) is 29.8 Å². The van der Waals surface area contributed by atoms with Crippen LogP contribution in [-0.4, -0.2) is 25.2 Å². The van der Waals surface area contributed by atoms with Crippen molar-refractivity contribution in [1.82, 2.24) is 5.32 Å². The van der Waals surface area contributed by atoms with Crippen LogP contribution in [-0.2, 0) is 0 Å². The number of benzene rings is 1. The summed E-state index contributed by atoms with van der Waals surface area (Å²) in [6.45, 7) is 7.70. The van der Waals surface area contributed by atoms with Crippen LogP contribution in [0.25, 0.3) is 0 Å². The first-order chi connectivity index (χ1) is 9.04. The van der Waals surface area contributed by atoms with E-state index in [4.69, 9.17) is 0 Å². The maximum Gasteiger partial charge on any atom is 0.149 e. The third-order valence-electron chi connectivity index (χ3n) is 4.16. The van der Waals surface area contributed by atoms with E-state index in [1.165, 1.54) is 18.2 Å². The highest BCUT2D eigenvalue weighted by Gasteiger charge is 2.30. The molecule has 0 saturated carbocycles. The molecule has 2 nitrogen and oxygen atoms in total. The van der Waals surface area contributed by atoms with Gasteiger partial charge in [-0.25, -0.2) is 8.78 Å². The van der Waals surface area contributed by atoms with Gasteiger partial charge in [-0.2, -0.15) is 0 Å². The maximum atomic E-state index is 13.9. The number of halogens is 2. The molecule has 0 bridgehead atoms. The lowest BCUT2D eigenvalue weighted by molar-refractivity contribution is 0.312. The van der Waals surface area contributed by atoms with E-state index in [-0.39, 0.29) is 17.8 Å². The Kier molecular flexibility index (Phi) is 4.40. The van der Waals surface area contributed by atoms with Gasteiger partial charge in [0.15, 0.2) is 0 Å². The molecule has 3 atom stereocenters. The zero-order chi connectivity index (χ0) is 14.0. The smallest absolute Gasteiger partial charge is 0.149 e. The quantitative estimate of drug-likeness (QED) is 0.905. The summed E-state index contributed by atoms with van der Waals surface area (Å²) in [6, 6.07) is 4.43. The number of nitrogens with zero attached hydrogens (tertiary/aromatic N) is 1. The molecule has 0 amide bonds. The molecule has 0 aromatic heterocycles. The van der Waals surface area contributed by atoms with E-state index in [1.54, 1.807) is 0 Å². The molecule has 1 fully saturated rings. The van der Waals surface area contributed by atoms with E-state index in [0.717, 1.165) is 13.0 Å². The van der Waals surface area contributed by atoms with Crippen molar-refractivity contribution in [2.75, 3.05) is 18.0 Å². The second kappa shape index (κ2) is 5.87. The zero-order valence-corrected chi connectivity index (χ0v) is 11.8. The van der Waals surface area contributed by atoms with E-state index in [1.807, 2.05) is 11.8 Å². The van der Waals surface area contributed by atoms with Gasteiger partial charge < -0.3 is 10.2 Å². The molecule has 1 aliphatic heterocycles. The summed E-state index contributed by atoms with van der Waals surface area (Å²) < 4.78 is 27.8. The summed E-state index contributed by atoms with van der Waals surface area (Å²) in [5.74, 6) is -0.460. The number of nitrogens with one attached hydrogen (secondary N) is 1. The number of rotatable bonds is 3. The third kappa shape index (κ3) is 2.89. The van der Waals surface area contributed by atoms with Crippen molar-refractivity contribution in [3.63, 3.8) is 0 Å². The van der Waals surface area contributed by atoms with Crippen LogP contribution in [0.1, 0.15) is 27.2 Å². The Morgan fingerprint density at radius 2 is 2.00 bits per heavy atom. The molecule has 0 radical (unpaired) electrons. The molecule has 106 valence electrons. The topological polar surface area (TPSA) is 15.3 Å². The molecule has 2 rings (SSSR count). The van der Waals surface area contributed by atoms with Gasteiger partial charge in [0, 0.05) is 25.2 Å². The first-order valence-electron chi connectivity index (χ1n) is 6.98. The van der Waals surface area contributed by atoms with E-state index in [9.17, 15) is 8.78 Å². The van der Waals surface area contributed by atoms with Gasteiger partial charge in [0.25, 0.3) is 0 Å². The second-order valence-corrected chi connectivity index (χ2v) is 5.47. The van der Waals surface area contributed by atoms with Crippen LogP contribution in [0.5, 0.6) is 0 Å². The van der Waals surface area contributed by atoms with Crippen molar-refractivity contribution in [1.29, 1.82) is 0 Å². The summed E-state index contributed by atoms with van der Waals surface area (Å²) in [7, 11) is 0. The summed E-state index contributed by atoms with van der Waals surface area (Å²) in [5, 5.41) is 3.47. The zero-order valence-electron chi connectivity index (χ0n) is 11.8. The summed E-state index contributed by atoms with van der Waals surface area (Å²) in [5.41, 5.74) is 0.116.